The van der Waals surface area contributed by atoms with E-state index in [0.29, 0.717) is 18.5 Å². The van der Waals surface area contributed by atoms with Crippen molar-refractivity contribution in [2.45, 2.75) is 57.9 Å². The number of nitrogens with zero attached hydrogens (tertiary/aromatic N) is 1. The summed E-state index contributed by atoms with van der Waals surface area (Å²) >= 11 is 0. The Balaban J connectivity index is 1.69. The Kier molecular flexibility index (Phi) is 6.31. The number of rotatable bonds is 6. The standard InChI is InChI=1S/C23H28N2O4S/c1-5-23(27)25-17(4)13-18-14-20(8-9-21(18)25)30(28,29)11-10-22(26)24-19-7-6-15(2)16(3)12-19/h6-9,12,14,17H,5,10-11,13H2,1-4H3,(H,24,26). The molecule has 0 bridgehead atoms. The highest BCUT2D eigenvalue weighted by atomic mass is 32.2. The largest absolute Gasteiger partial charge is 0.326 e. The van der Waals surface area contributed by atoms with Crippen LogP contribution in [-0.4, -0.2) is 32.0 Å². The molecule has 1 aliphatic heterocycles. The van der Waals surface area contributed by atoms with Gasteiger partial charge < -0.3 is 10.2 Å². The zero-order valence-electron chi connectivity index (χ0n) is 17.9. The van der Waals surface area contributed by atoms with Gasteiger partial charge in [-0.1, -0.05) is 13.0 Å². The smallest absolute Gasteiger partial charge is 0.226 e. The number of benzene rings is 2. The van der Waals surface area contributed by atoms with Gasteiger partial charge in [0.1, 0.15) is 0 Å². The Hall–Kier alpha value is -2.67. The first-order valence-corrected chi connectivity index (χ1v) is 11.8. The normalized spacial score (nSPS) is 15.7. The van der Waals surface area contributed by atoms with Gasteiger partial charge in [0, 0.05) is 30.3 Å². The third kappa shape index (κ3) is 4.56. The van der Waals surface area contributed by atoms with Gasteiger partial charge in [0.2, 0.25) is 11.8 Å². The van der Waals surface area contributed by atoms with Crippen LogP contribution >= 0.6 is 0 Å². The summed E-state index contributed by atoms with van der Waals surface area (Å²) in [6, 6.07) is 10.5. The predicted molar refractivity (Wildman–Crippen MR) is 119 cm³/mol. The Morgan fingerprint density at radius 1 is 1.10 bits per heavy atom. The van der Waals surface area contributed by atoms with Gasteiger partial charge in [0.05, 0.1) is 10.6 Å². The minimum atomic E-state index is -3.61. The van der Waals surface area contributed by atoms with Crippen LogP contribution in [0.2, 0.25) is 0 Å². The zero-order chi connectivity index (χ0) is 22.1. The molecular weight excluding hydrogens is 400 g/mol. The van der Waals surface area contributed by atoms with Gasteiger partial charge in [0.15, 0.2) is 9.84 Å². The van der Waals surface area contributed by atoms with Gasteiger partial charge in [0.25, 0.3) is 0 Å². The van der Waals surface area contributed by atoms with Crippen LogP contribution in [0.15, 0.2) is 41.3 Å². The summed E-state index contributed by atoms with van der Waals surface area (Å²) in [4.78, 5) is 26.4. The molecule has 30 heavy (non-hydrogen) atoms. The third-order valence-corrected chi connectivity index (χ3v) is 7.30. The summed E-state index contributed by atoms with van der Waals surface area (Å²) in [5.41, 5.74) is 4.47. The van der Waals surface area contributed by atoms with Crippen LogP contribution in [0.4, 0.5) is 11.4 Å². The number of hydrogen-bond acceptors (Lipinski definition) is 4. The highest BCUT2D eigenvalue weighted by Gasteiger charge is 2.31. The molecule has 2 aromatic rings. The maximum Gasteiger partial charge on any atom is 0.226 e. The number of carbonyl (C=O) groups is 2. The molecule has 7 heteroatoms. The van der Waals surface area contributed by atoms with Gasteiger partial charge in [-0.15, -0.1) is 0 Å². The molecule has 1 unspecified atom stereocenters. The third-order valence-electron chi connectivity index (χ3n) is 5.59. The van der Waals surface area contributed by atoms with Crippen molar-refractivity contribution in [2.75, 3.05) is 16.0 Å². The van der Waals surface area contributed by atoms with E-state index in [9.17, 15) is 18.0 Å². The number of sulfone groups is 1. The average Bonchev–Trinajstić information content (AvgIpc) is 3.03. The van der Waals surface area contributed by atoms with Gasteiger partial charge in [-0.05, 0) is 74.2 Å². The molecule has 1 N–H and O–H groups in total. The van der Waals surface area contributed by atoms with Crippen LogP contribution in [0.1, 0.15) is 43.4 Å². The Bertz CT molecular complexity index is 1090. The molecule has 0 radical (unpaired) electrons. The maximum absolute atomic E-state index is 12.8. The highest BCUT2D eigenvalue weighted by Crippen LogP contribution is 2.34. The fraction of sp³-hybridized carbons (Fsp3) is 0.391. The van der Waals surface area contributed by atoms with E-state index in [1.807, 2.05) is 39.8 Å². The summed E-state index contributed by atoms with van der Waals surface area (Å²) in [6.07, 6.45) is 0.903. The summed E-state index contributed by atoms with van der Waals surface area (Å²) < 4.78 is 25.6. The molecule has 0 saturated heterocycles. The fourth-order valence-electron chi connectivity index (χ4n) is 3.74. The Morgan fingerprint density at radius 2 is 1.83 bits per heavy atom. The molecule has 1 atom stereocenters. The first-order valence-electron chi connectivity index (χ1n) is 10.2. The van der Waals surface area contributed by atoms with Crippen molar-refractivity contribution in [3.8, 4) is 0 Å². The topological polar surface area (TPSA) is 83.6 Å². The van der Waals surface area contributed by atoms with Crippen LogP contribution in [0.25, 0.3) is 0 Å². The van der Waals surface area contributed by atoms with Crippen LogP contribution in [-0.2, 0) is 25.8 Å². The second-order valence-corrected chi connectivity index (χ2v) is 9.99. The molecule has 0 fully saturated rings. The van der Waals surface area contributed by atoms with Crippen molar-refractivity contribution in [1.29, 1.82) is 0 Å². The molecule has 1 heterocycles. The molecule has 2 aromatic carbocycles. The molecular formula is C23H28N2O4S. The average molecular weight is 429 g/mol. The monoisotopic (exact) mass is 428 g/mol. The van der Waals surface area contributed by atoms with Crippen LogP contribution < -0.4 is 10.2 Å². The number of hydrogen-bond donors (Lipinski definition) is 1. The van der Waals surface area contributed by atoms with Crippen LogP contribution in [0, 0.1) is 13.8 Å². The summed E-state index contributed by atoms with van der Waals surface area (Å²) in [5.74, 6) is -0.577. The van der Waals surface area contributed by atoms with E-state index in [1.54, 1.807) is 23.1 Å². The van der Waals surface area contributed by atoms with Gasteiger partial charge in [-0.2, -0.15) is 0 Å². The van der Waals surface area contributed by atoms with Gasteiger partial charge in [-0.3, -0.25) is 9.59 Å². The van der Waals surface area contributed by atoms with E-state index in [4.69, 9.17) is 0 Å². The van der Waals surface area contributed by atoms with Crippen molar-refractivity contribution in [3.05, 3.63) is 53.1 Å². The van der Waals surface area contributed by atoms with Crippen LogP contribution in [0.5, 0.6) is 0 Å². The molecule has 3 rings (SSSR count). The molecule has 1 aliphatic rings. The first-order chi connectivity index (χ1) is 14.1. The van der Waals surface area contributed by atoms with E-state index in [1.165, 1.54) is 6.07 Å². The maximum atomic E-state index is 12.8. The van der Waals surface area contributed by atoms with E-state index in [2.05, 4.69) is 5.32 Å². The van der Waals surface area contributed by atoms with Gasteiger partial charge >= 0.3 is 0 Å². The highest BCUT2D eigenvalue weighted by molar-refractivity contribution is 7.91. The second kappa shape index (κ2) is 8.60. The Labute approximate surface area is 178 Å². The van der Waals surface area contributed by atoms with E-state index < -0.39 is 9.84 Å². The summed E-state index contributed by atoms with van der Waals surface area (Å²) in [5, 5.41) is 2.76. The van der Waals surface area contributed by atoms with E-state index in [0.717, 1.165) is 22.4 Å². The summed E-state index contributed by atoms with van der Waals surface area (Å²) in [7, 11) is -3.61. The predicted octanol–water partition coefficient (Wildman–Crippen LogP) is 3.79. The molecule has 6 nitrogen and oxygen atoms in total. The number of nitrogens with one attached hydrogen (secondary N) is 1. The molecule has 0 aromatic heterocycles. The Morgan fingerprint density at radius 3 is 2.50 bits per heavy atom. The van der Waals surface area contributed by atoms with E-state index in [-0.39, 0.29) is 34.9 Å². The molecule has 0 saturated carbocycles. The first kappa shape index (κ1) is 22.0. The minimum absolute atomic E-state index is 0.00847. The van der Waals surface area contributed by atoms with Crippen molar-refractivity contribution in [2.24, 2.45) is 0 Å². The lowest BCUT2D eigenvalue weighted by atomic mass is 10.1. The zero-order valence-corrected chi connectivity index (χ0v) is 18.7. The molecule has 0 spiro atoms. The quantitative estimate of drug-likeness (QED) is 0.759. The number of carbonyl (C=O) groups excluding carboxylic acids is 2. The number of fused-ring (bicyclic) bond motifs is 1. The van der Waals surface area contributed by atoms with Crippen molar-refractivity contribution < 1.29 is 18.0 Å². The van der Waals surface area contributed by atoms with Gasteiger partial charge in [-0.25, -0.2) is 8.42 Å². The summed E-state index contributed by atoms with van der Waals surface area (Å²) in [6.45, 7) is 7.72. The minimum Gasteiger partial charge on any atom is -0.326 e. The SMILES string of the molecule is CCC(=O)N1c2ccc(S(=O)(=O)CCC(=O)Nc3ccc(C)c(C)c3)cc2CC1C. The number of anilines is 2. The lowest BCUT2D eigenvalue weighted by Gasteiger charge is -2.22. The van der Waals surface area contributed by atoms with Crippen molar-refractivity contribution in [3.63, 3.8) is 0 Å². The molecule has 0 aliphatic carbocycles. The van der Waals surface area contributed by atoms with Crippen molar-refractivity contribution >= 4 is 33.0 Å². The number of amides is 2. The number of aryl methyl sites for hydroxylation is 2. The lowest BCUT2D eigenvalue weighted by Crippen LogP contribution is -2.35. The fourth-order valence-corrected chi connectivity index (χ4v) is 5.03. The van der Waals surface area contributed by atoms with Crippen molar-refractivity contribution in [1.82, 2.24) is 0 Å². The van der Waals surface area contributed by atoms with E-state index >= 15 is 0 Å². The molecule has 160 valence electrons. The molecule has 2 amide bonds. The second-order valence-electron chi connectivity index (χ2n) is 7.88. The van der Waals surface area contributed by atoms with Crippen LogP contribution in [0.3, 0.4) is 0 Å². The lowest BCUT2D eigenvalue weighted by molar-refractivity contribution is -0.118.